The van der Waals surface area contributed by atoms with Gasteiger partial charge in [0.05, 0.1) is 6.61 Å². The van der Waals surface area contributed by atoms with Gasteiger partial charge in [0.2, 0.25) is 5.76 Å². The quantitative estimate of drug-likeness (QED) is 0.726. The predicted molar refractivity (Wildman–Crippen MR) is 51.1 cm³/mol. The fourth-order valence-electron chi connectivity index (χ4n) is 1.25. The first-order valence-corrected chi connectivity index (χ1v) is 4.80. The summed E-state index contributed by atoms with van der Waals surface area (Å²) in [6, 6.07) is 1.44. The zero-order valence-electron chi connectivity index (χ0n) is 8.93. The van der Waals surface area contributed by atoms with Crippen molar-refractivity contribution in [2.75, 3.05) is 6.61 Å². The average Bonchev–Trinajstić information content (AvgIpc) is 2.86. The Bertz CT molecular complexity index is 415. The van der Waals surface area contributed by atoms with Crippen LogP contribution in [0.25, 0.3) is 0 Å². The maximum atomic E-state index is 11.3. The number of rotatable bonds is 3. The summed E-state index contributed by atoms with van der Waals surface area (Å²) < 4.78 is 20.1. The zero-order chi connectivity index (χ0) is 11.6. The number of ether oxygens (including phenoxy) is 3. The summed E-state index contributed by atoms with van der Waals surface area (Å²) in [7, 11) is 0. The Kier molecular flexibility index (Phi) is 2.55. The third kappa shape index (κ3) is 1.73. The van der Waals surface area contributed by atoms with Crippen molar-refractivity contribution in [3.05, 3.63) is 30.0 Å². The minimum atomic E-state index is -1.06. The average molecular weight is 225 g/mol. The van der Waals surface area contributed by atoms with Crippen molar-refractivity contribution in [3.8, 4) is 0 Å². The van der Waals surface area contributed by atoms with Crippen LogP contribution in [0.2, 0.25) is 0 Å². The van der Waals surface area contributed by atoms with Crippen molar-refractivity contribution in [1.82, 2.24) is 5.16 Å². The monoisotopic (exact) mass is 225 g/mol. The van der Waals surface area contributed by atoms with Crippen LogP contribution < -0.4 is 0 Å². The molecule has 86 valence electrons. The zero-order valence-corrected chi connectivity index (χ0v) is 8.93. The second kappa shape index (κ2) is 3.88. The molecule has 0 saturated heterocycles. The summed E-state index contributed by atoms with van der Waals surface area (Å²) in [5.74, 6) is -1.29. The van der Waals surface area contributed by atoms with E-state index in [2.05, 4.69) is 5.16 Å². The van der Waals surface area contributed by atoms with Gasteiger partial charge >= 0.3 is 11.8 Å². The summed E-state index contributed by atoms with van der Waals surface area (Å²) in [5, 5.41) is 3.59. The van der Waals surface area contributed by atoms with Crippen LogP contribution in [0.3, 0.4) is 0 Å². The normalized spacial score (nSPS) is 16.6. The van der Waals surface area contributed by atoms with Crippen molar-refractivity contribution in [2.45, 2.75) is 19.6 Å². The summed E-state index contributed by atoms with van der Waals surface area (Å²) >= 11 is 0. The third-order valence-corrected chi connectivity index (χ3v) is 2.08. The highest BCUT2D eigenvalue weighted by Gasteiger charge is 2.37. The van der Waals surface area contributed by atoms with Gasteiger partial charge in [-0.2, -0.15) is 0 Å². The van der Waals surface area contributed by atoms with Gasteiger partial charge in [-0.15, -0.1) is 0 Å². The van der Waals surface area contributed by atoms with Crippen LogP contribution >= 0.6 is 0 Å². The summed E-state index contributed by atoms with van der Waals surface area (Å²) in [5.41, 5.74) is 0.0946. The minimum Gasteiger partial charge on any atom is -0.461 e. The summed E-state index contributed by atoms with van der Waals surface area (Å²) in [6.45, 7) is 3.66. The standard InChI is InChI=1S/C10H11NO5/c1-3-13-9(12)7-6-8(16-11-7)10(2)14-4-5-15-10/h4-6H,3H2,1-2H3. The number of aromatic nitrogens is 1. The highest BCUT2D eigenvalue weighted by Crippen LogP contribution is 2.31. The molecule has 2 heterocycles. The number of nitrogens with zero attached hydrogens (tertiary/aromatic N) is 1. The molecule has 0 aromatic carbocycles. The van der Waals surface area contributed by atoms with Crippen LogP contribution in [0.15, 0.2) is 23.1 Å². The smallest absolute Gasteiger partial charge is 0.360 e. The molecule has 1 aromatic rings. The number of carbonyl (C=O) groups is 1. The van der Waals surface area contributed by atoms with E-state index in [-0.39, 0.29) is 12.3 Å². The second-order valence-electron chi connectivity index (χ2n) is 3.25. The van der Waals surface area contributed by atoms with E-state index in [1.165, 1.54) is 18.6 Å². The first-order chi connectivity index (χ1) is 7.65. The molecule has 16 heavy (non-hydrogen) atoms. The number of hydrogen-bond acceptors (Lipinski definition) is 6. The van der Waals surface area contributed by atoms with Crippen molar-refractivity contribution < 1.29 is 23.5 Å². The molecule has 1 aromatic heterocycles. The van der Waals surface area contributed by atoms with E-state index in [0.29, 0.717) is 5.76 Å². The molecular formula is C10H11NO5. The number of carbonyl (C=O) groups excluding carboxylic acids is 1. The maximum absolute atomic E-state index is 11.3. The molecule has 0 aliphatic carbocycles. The fourth-order valence-corrected chi connectivity index (χ4v) is 1.25. The van der Waals surface area contributed by atoms with E-state index in [4.69, 9.17) is 18.7 Å². The maximum Gasteiger partial charge on any atom is 0.360 e. The molecular weight excluding hydrogens is 214 g/mol. The van der Waals surface area contributed by atoms with Crippen LogP contribution in [0.5, 0.6) is 0 Å². The lowest BCUT2D eigenvalue weighted by Gasteiger charge is -2.18. The lowest BCUT2D eigenvalue weighted by atomic mass is 10.2. The highest BCUT2D eigenvalue weighted by atomic mass is 16.7. The highest BCUT2D eigenvalue weighted by molar-refractivity contribution is 5.87. The van der Waals surface area contributed by atoms with Crippen LogP contribution in [0.4, 0.5) is 0 Å². The van der Waals surface area contributed by atoms with E-state index >= 15 is 0 Å². The van der Waals surface area contributed by atoms with E-state index in [9.17, 15) is 4.79 Å². The van der Waals surface area contributed by atoms with Crippen LogP contribution in [-0.2, 0) is 20.0 Å². The first-order valence-electron chi connectivity index (χ1n) is 4.80. The molecule has 6 heteroatoms. The Morgan fingerprint density at radius 2 is 2.19 bits per heavy atom. The van der Waals surface area contributed by atoms with Crippen LogP contribution in [0.1, 0.15) is 30.1 Å². The molecule has 0 N–H and O–H groups in total. The van der Waals surface area contributed by atoms with Crippen molar-refractivity contribution in [3.63, 3.8) is 0 Å². The largest absolute Gasteiger partial charge is 0.461 e. The van der Waals surface area contributed by atoms with Crippen molar-refractivity contribution in [1.29, 1.82) is 0 Å². The Labute approximate surface area is 91.8 Å². The number of hydrogen-bond donors (Lipinski definition) is 0. The van der Waals surface area contributed by atoms with Crippen molar-refractivity contribution in [2.24, 2.45) is 0 Å². The minimum absolute atomic E-state index is 0.0946. The molecule has 2 rings (SSSR count). The molecule has 1 aliphatic rings. The molecule has 0 radical (unpaired) electrons. The molecule has 0 fully saturated rings. The predicted octanol–water partition coefficient (Wildman–Crippen LogP) is 1.54. The van der Waals surface area contributed by atoms with E-state index in [0.717, 1.165) is 0 Å². The SMILES string of the molecule is CCOC(=O)c1cc(C2(C)OC=CO2)on1. The van der Waals surface area contributed by atoms with Gasteiger partial charge in [-0.3, -0.25) is 0 Å². The Morgan fingerprint density at radius 3 is 2.81 bits per heavy atom. The van der Waals surface area contributed by atoms with Gasteiger partial charge in [-0.25, -0.2) is 4.79 Å². The Hall–Kier alpha value is -1.98. The van der Waals surface area contributed by atoms with Gasteiger partial charge < -0.3 is 18.7 Å². The number of esters is 1. The van der Waals surface area contributed by atoms with E-state index in [1.807, 2.05) is 0 Å². The Morgan fingerprint density at radius 1 is 1.50 bits per heavy atom. The van der Waals surface area contributed by atoms with Gasteiger partial charge in [-0.1, -0.05) is 5.16 Å². The lowest BCUT2D eigenvalue weighted by molar-refractivity contribution is -0.149. The fraction of sp³-hybridized carbons (Fsp3) is 0.400. The third-order valence-electron chi connectivity index (χ3n) is 2.08. The van der Waals surface area contributed by atoms with E-state index in [1.54, 1.807) is 13.8 Å². The summed E-state index contributed by atoms with van der Waals surface area (Å²) in [6.07, 6.45) is 2.79. The molecule has 6 nitrogen and oxygen atoms in total. The van der Waals surface area contributed by atoms with E-state index < -0.39 is 11.8 Å². The van der Waals surface area contributed by atoms with Gasteiger partial charge in [0, 0.05) is 13.0 Å². The summed E-state index contributed by atoms with van der Waals surface area (Å²) in [4.78, 5) is 11.3. The molecule has 0 amide bonds. The van der Waals surface area contributed by atoms with Crippen LogP contribution in [-0.4, -0.2) is 17.7 Å². The molecule has 0 atom stereocenters. The van der Waals surface area contributed by atoms with Gasteiger partial charge in [0.25, 0.3) is 0 Å². The molecule has 0 bridgehead atoms. The van der Waals surface area contributed by atoms with Crippen LogP contribution in [0, 0.1) is 0 Å². The molecule has 1 aliphatic heterocycles. The molecule has 0 spiro atoms. The lowest BCUT2D eigenvalue weighted by Crippen LogP contribution is -2.21. The second-order valence-corrected chi connectivity index (χ2v) is 3.25. The van der Waals surface area contributed by atoms with Gasteiger partial charge in [-0.05, 0) is 6.92 Å². The molecule has 0 unspecified atom stereocenters. The van der Waals surface area contributed by atoms with Crippen molar-refractivity contribution >= 4 is 5.97 Å². The van der Waals surface area contributed by atoms with Gasteiger partial charge in [0.15, 0.2) is 5.69 Å². The molecule has 0 saturated carbocycles. The Balaban J connectivity index is 2.16. The first kappa shape index (κ1) is 10.5. The van der Waals surface area contributed by atoms with Gasteiger partial charge in [0.1, 0.15) is 12.5 Å². The topological polar surface area (TPSA) is 70.8 Å².